The number of ketones is 1. The summed E-state index contributed by atoms with van der Waals surface area (Å²) in [4.78, 5) is 24.3. The monoisotopic (exact) mass is 327 g/mol. The summed E-state index contributed by atoms with van der Waals surface area (Å²) >= 11 is 11.7. The number of carbonyl (C=O) groups is 2. The molecule has 1 amide bonds. The molecule has 0 atom stereocenters. The normalized spacial score (nSPS) is 14.9. The summed E-state index contributed by atoms with van der Waals surface area (Å²) in [6.45, 7) is -1.28. The van der Waals surface area contributed by atoms with Crippen LogP contribution in [0.4, 0.5) is 18.9 Å². The molecule has 20 heavy (non-hydrogen) atoms. The van der Waals surface area contributed by atoms with Gasteiger partial charge in [0, 0.05) is 0 Å². The van der Waals surface area contributed by atoms with Crippen LogP contribution >= 0.6 is 23.2 Å². The van der Waals surface area contributed by atoms with Gasteiger partial charge in [-0.15, -0.1) is 13.2 Å². The zero-order valence-corrected chi connectivity index (χ0v) is 11.1. The molecule has 0 spiro atoms. The first-order chi connectivity index (χ1) is 9.22. The summed E-state index contributed by atoms with van der Waals surface area (Å²) in [5.41, 5.74) is -0.0869. The quantitative estimate of drug-likeness (QED) is 0.801. The van der Waals surface area contributed by atoms with Gasteiger partial charge < -0.3 is 4.90 Å². The SMILES string of the molecule is O=C1C(=O)N(CCOC(F)(F)F)c2c(Cl)ccc(Cl)c21. The number of carbonyl (C=O) groups excluding carboxylic acids is 2. The highest BCUT2D eigenvalue weighted by atomic mass is 35.5. The fraction of sp³-hybridized carbons (Fsp3) is 0.273. The van der Waals surface area contributed by atoms with Gasteiger partial charge in [0.05, 0.1) is 34.4 Å². The Balaban J connectivity index is 2.27. The molecule has 1 aliphatic rings. The number of hydrogen-bond donors (Lipinski definition) is 0. The summed E-state index contributed by atoms with van der Waals surface area (Å²) in [6.07, 6.45) is -4.81. The number of Topliss-reactive ketones (excluding diaryl/α,β-unsaturated/α-hetero) is 1. The average Bonchev–Trinajstić information content (AvgIpc) is 2.58. The number of alkyl halides is 3. The Labute approximate surface area is 121 Å². The van der Waals surface area contributed by atoms with Crippen LogP contribution in [0.25, 0.3) is 0 Å². The minimum atomic E-state index is -4.81. The lowest BCUT2D eigenvalue weighted by molar-refractivity contribution is -0.323. The van der Waals surface area contributed by atoms with E-state index in [1.165, 1.54) is 12.1 Å². The Hall–Kier alpha value is -1.31. The maximum absolute atomic E-state index is 11.9. The summed E-state index contributed by atoms with van der Waals surface area (Å²) in [6, 6.07) is 2.69. The van der Waals surface area contributed by atoms with Crippen molar-refractivity contribution in [3.8, 4) is 0 Å². The minimum absolute atomic E-state index is 0.0138. The van der Waals surface area contributed by atoms with Gasteiger partial charge in [0.15, 0.2) is 0 Å². The molecule has 4 nitrogen and oxygen atoms in total. The van der Waals surface area contributed by atoms with Gasteiger partial charge in [-0.25, -0.2) is 0 Å². The maximum Gasteiger partial charge on any atom is 0.522 e. The molecule has 0 aromatic heterocycles. The molecule has 0 bridgehead atoms. The van der Waals surface area contributed by atoms with Crippen LogP contribution in [0, 0.1) is 0 Å². The largest absolute Gasteiger partial charge is 0.522 e. The van der Waals surface area contributed by atoms with Crippen molar-refractivity contribution in [3.63, 3.8) is 0 Å². The molecular formula is C11H6Cl2F3NO3. The van der Waals surface area contributed by atoms with Crippen molar-refractivity contribution in [2.45, 2.75) is 6.36 Å². The Morgan fingerprint density at radius 2 is 1.75 bits per heavy atom. The van der Waals surface area contributed by atoms with E-state index in [-0.39, 0.29) is 21.3 Å². The lowest BCUT2D eigenvalue weighted by Gasteiger charge is -2.18. The summed E-state index contributed by atoms with van der Waals surface area (Å²) in [5, 5.41) is 0.0672. The molecule has 0 saturated carbocycles. The van der Waals surface area contributed by atoms with Gasteiger partial charge in [0.1, 0.15) is 0 Å². The minimum Gasteiger partial charge on any atom is -0.301 e. The highest BCUT2D eigenvalue weighted by Crippen LogP contribution is 2.39. The Kier molecular flexibility index (Phi) is 3.95. The van der Waals surface area contributed by atoms with E-state index in [2.05, 4.69) is 4.74 Å². The molecule has 2 rings (SSSR count). The maximum atomic E-state index is 11.9. The van der Waals surface area contributed by atoms with Crippen LogP contribution in [0.15, 0.2) is 12.1 Å². The van der Waals surface area contributed by atoms with Gasteiger partial charge in [-0.1, -0.05) is 23.2 Å². The Morgan fingerprint density at radius 3 is 2.35 bits per heavy atom. The molecule has 0 N–H and O–H groups in total. The first-order valence-electron chi connectivity index (χ1n) is 5.27. The molecule has 108 valence electrons. The number of rotatable bonds is 3. The number of anilines is 1. The van der Waals surface area contributed by atoms with Crippen LogP contribution in [0.2, 0.25) is 10.0 Å². The van der Waals surface area contributed by atoms with Crippen molar-refractivity contribution in [1.82, 2.24) is 0 Å². The zero-order chi connectivity index (χ0) is 15.1. The number of amides is 1. The molecule has 0 aliphatic carbocycles. The van der Waals surface area contributed by atoms with Crippen LogP contribution < -0.4 is 4.90 Å². The highest BCUT2D eigenvalue weighted by Gasteiger charge is 2.39. The van der Waals surface area contributed by atoms with Crippen LogP contribution in [-0.4, -0.2) is 31.2 Å². The van der Waals surface area contributed by atoms with Crippen molar-refractivity contribution in [2.75, 3.05) is 18.1 Å². The Morgan fingerprint density at radius 1 is 1.15 bits per heavy atom. The van der Waals surface area contributed by atoms with Gasteiger partial charge in [0.25, 0.3) is 11.7 Å². The third-order valence-corrected chi connectivity index (χ3v) is 3.21. The predicted octanol–water partition coefficient (Wildman–Crippen LogP) is 3.06. The van der Waals surface area contributed by atoms with E-state index >= 15 is 0 Å². The molecule has 1 aromatic carbocycles. The van der Waals surface area contributed by atoms with Gasteiger partial charge in [0.2, 0.25) is 0 Å². The second-order valence-corrected chi connectivity index (χ2v) is 4.65. The van der Waals surface area contributed by atoms with Gasteiger partial charge in [-0.2, -0.15) is 0 Å². The number of halogens is 5. The van der Waals surface area contributed by atoms with Crippen molar-refractivity contribution in [2.24, 2.45) is 0 Å². The van der Waals surface area contributed by atoms with Crippen molar-refractivity contribution < 1.29 is 27.5 Å². The average molecular weight is 328 g/mol. The molecule has 0 unspecified atom stereocenters. The van der Waals surface area contributed by atoms with Crippen molar-refractivity contribution in [3.05, 3.63) is 27.7 Å². The van der Waals surface area contributed by atoms with E-state index in [1.807, 2.05) is 0 Å². The number of ether oxygens (including phenoxy) is 1. The van der Waals surface area contributed by atoms with Crippen LogP contribution in [0.1, 0.15) is 10.4 Å². The molecule has 9 heteroatoms. The lowest BCUT2D eigenvalue weighted by Crippen LogP contribution is -2.34. The van der Waals surface area contributed by atoms with E-state index in [0.717, 1.165) is 4.90 Å². The predicted molar refractivity (Wildman–Crippen MR) is 65.2 cm³/mol. The third kappa shape index (κ3) is 2.74. The molecule has 0 fully saturated rings. The number of fused-ring (bicyclic) bond motifs is 1. The number of benzene rings is 1. The second-order valence-electron chi connectivity index (χ2n) is 3.83. The number of hydrogen-bond acceptors (Lipinski definition) is 3. The zero-order valence-electron chi connectivity index (χ0n) is 9.63. The molecule has 0 radical (unpaired) electrons. The summed E-state index contributed by atoms with van der Waals surface area (Å²) in [5.74, 6) is -1.89. The molecule has 1 aromatic rings. The topological polar surface area (TPSA) is 46.6 Å². The van der Waals surface area contributed by atoms with E-state index < -0.39 is 31.2 Å². The van der Waals surface area contributed by atoms with E-state index in [1.54, 1.807) is 0 Å². The highest BCUT2D eigenvalue weighted by molar-refractivity contribution is 6.56. The van der Waals surface area contributed by atoms with Crippen LogP contribution in [-0.2, 0) is 9.53 Å². The first-order valence-corrected chi connectivity index (χ1v) is 6.03. The van der Waals surface area contributed by atoms with E-state index in [4.69, 9.17) is 23.2 Å². The fourth-order valence-electron chi connectivity index (χ4n) is 1.82. The molecule has 1 aliphatic heterocycles. The fourth-order valence-corrected chi connectivity index (χ4v) is 2.32. The van der Waals surface area contributed by atoms with E-state index in [0.29, 0.717) is 0 Å². The standard InChI is InChI=1S/C11H6Cl2F3NO3/c12-5-1-2-6(13)8-7(5)9(18)10(19)17(8)3-4-20-11(14,15)16/h1-2H,3-4H2. The van der Waals surface area contributed by atoms with Crippen LogP contribution in [0.3, 0.4) is 0 Å². The van der Waals surface area contributed by atoms with Crippen molar-refractivity contribution in [1.29, 1.82) is 0 Å². The lowest BCUT2D eigenvalue weighted by atomic mass is 10.1. The van der Waals surface area contributed by atoms with Crippen molar-refractivity contribution >= 4 is 40.6 Å². The smallest absolute Gasteiger partial charge is 0.301 e. The summed E-state index contributed by atoms with van der Waals surface area (Å²) < 4.78 is 39.3. The summed E-state index contributed by atoms with van der Waals surface area (Å²) in [7, 11) is 0. The molecular weight excluding hydrogens is 322 g/mol. The third-order valence-electron chi connectivity index (χ3n) is 2.59. The Bertz CT molecular complexity index is 589. The second kappa shape index (κ2) is 5.23. The van der Waals surface area contributed by atoms with E-state index in [9.17, 15) is 22.8 Å². The number of nitrogens with zero attached hydrogens (tertiary/aromatic N) is 1. The van der Waals surface area contributed by atoms with Gasteiger partial charge in [-0.05, 0) is 12.1 Å². The van der Waals surface area contributed by atoms with Crippen LogP contribution in [0.5, 0.6) is 0 Å². The van der Waals surface area contributed by atoms with Gasteiger partial charge >= 0.3 is 6.36 Å². The van der Waals surface area contributed by atoms with Gasteiger partial charge in [-0.3, -0.25) is 14.3 Å². The molecule has 0 saturated heterocycles. The first kappa shape index (κ1) is 15.1. The molecule has 1 heterocycles.